The fourth-order valence-corrected chi connectivity index (χ4v) is 1.87. The molecule has 1 rings (SSSR count). The zero-order chi connectivity index (χ0) is 15.1. The molecule has 0 aliphatic rings. The number of benzene rings is 1. The van der Waals surface area contributed by atoms with Gasteiger partial charge in [0.1, 0.15) is 5.75 Å². The number of nitrogens with one attached hydrogen (secondary N) is 1. The highest BCUT2D eigenvalue weighted by Crippen LogP contribution is 2.16. The van der Waals surface area contributed by atoms with Gasteiger partial charge in [-0.3, -0.25) is 4.79 Å². The molecular formula is C14H21ClF2N2O2. The van der Waals surface area contributed by atoms with Crippen molar-refractivity contribution in [3.05, 3.63) is 29.8 Å². The topological polar surface area (TPSA) is 64.3 Å². The van der Waals surface area contributed by atoms with Crippen LogP contribution in [-0.2, 0) is 0 Å². The van der Waals surface area contributed by atoms with Crippen molar-refractivity contribution in [2.24, 2.45) is 11.7 Å². The van der Waals surface area contributed by atoms with E-state index in [0.717, 1.165) is 6.42 Å². The summed E-state index contributed by atoms with van der Waals surface area (Å²) in [7, 11) is 0. The van der Waals surface area contributed by atoms with Crippen LogP contribution in [0.2, 0.25) is 0 Å². The first-order valence-electron chi connectivity index (χ1n) is 6.48. The molecule has 0 aliphatic carbocycles. The van der Waals surface area contributed by atoms with Gasteiger partial charge in [0.25, 0.3) is 5.91 Å². The van der Waals surface area contributed by atoms with Gasteiger partial charge in [-0.2, -0.15) is 8.78 Å². The second-order valence-corrected chi connectivity index (χ2v) is 4.94. The van der Waals surface area contributed by atoms with Crippen LogP contribution in [0.4, 0.5) is 8.78 Å². The first-order valence-corrected chi connectivity index (χ1v) is 6.48. The van der Waals surface area contributed by atoms with Crippen LogP contribution >= 0.6 is 12.4 Å². The van der Waals surface area contributed by atoms with Crippen LogP contribution in [0.3, 0.4) is 0 Å². The van der Waals surface area contributed by atoms with Gasteiger partial charge in [0.2, 0.25) is 0 Å². The van der Waals surface area contributed by atoms with Crippen molar-refractivity contribution in [2.45, 2.75) is 32.9 Å². The molecule has 0 saturated carbocycles. The van der Waals surface area contributed by atoms with E-state index >= 15 is 0 Å². The number of carbonyl (C=O) groups excluding carboxylic acids is 1. The van der Waals surface area contributed by atoms with Crippen molar-refractivity contribution in [2.75, 3.05) is 6.54 Å². The van der Waals surface area contributed by atoms with Gasteiger partial charge in [0.05, 0.1) is 0 Å². The Kier molecular flexibility index (Phi) is 8.89. The first-order chi connectivity index (χ1) is 9.42. The number of hydrogen-bond donors (Lipinski definition) is 2. The Balaban J connectivity index is 0.00000400. The van der Waals surface area contributed by atoms with E-state index in [1.165, 1.54) is 24.3 Å². The van der Waals surface area contributed by atoms with Gasteiger partial charge in [-0.15, -0.1) is 12.4 Å². The predicted molar refractivity (Wildman–Crippen MR) is 80.1 cm³/mol. The zero-order valence-corrected chi connectivity index (χ0v) is 12.8. The third-order valence-corrected chi connectivity index (χ3v) is 2.70. The lowest BCUT2D eigenvalue weighted by Crippen LogP contribution is -2.41. The van der Waals surface area contributed by atoms with E-state index in [1.54, 1.807) is 0 Å². The zero-order valence-electron chi connectivity index (χ0n) is 12.0. The van der Waals surface area contributed by atoms with Crippen LogP contribution in [0.5, 0.6) is 5.75 Å². The smallest absolute Gasteiger partial charge is 0.387 e. The first kappa shape index (κ1) is 19.6. The van der Waals surface area contributed by atoms with Crippen LogP contribution in [0.15, 0.2) is 24.3 Å². The average Bonchev–Trinajstić information content (AvgIpc) is 2.36. The number of ether oxygens (including phenoxy) is 1. The number of alkyl halides is 2. The van der Waals surface area contributed by atoms with Crippen molar-refractivity contribution in [1.29, 1.82) is 0 Å². The van der Waals surface area contributed by atoms with Crippen molar-refractivity contribution >= 4 is 18.3 Å². The molecule has 120 valence electrons. The molecular weight excluding hydrogens is 302 g/mol. The maximum absolute atomic E-state index is 12.1. The monoisotopic (exact) mass is 322 g/mol. The Labute approximate surface area is 129 Å². The summed E-state index contributed by atoms with van der Waals surface area (Å²) in [5, 5.41) is 2.79. The number of halogens is 3. The lowest BCUT2D eigenvalue weighted by atomic mass is 10.0. The van der Waals surface area contributed by atoms with Gasteiger partial charge < -0.3 is 15.8 Å². The van der Waals surface area contributed by atoms with Crippen LogP contribution in [0, 0.1) is 5.92 Å². The lowest BCUT2D eigenvalue weighted by molar-refractivity contribution is -0.0498. The SMILES string of the molecule is CC(C)CC(CN)NC(=O)c1cccc(OC(F)F)c1.Cl. The summed E-state index contributed by atoms with van der Waals surface area (Å²) in [6.45, 7) is 1.49. The third-order valence-electron chi connectivity index (χ3n) is 2.70. The van der Waals surface area contributed by atoms with Crippen molar-refractivity contribution < 1.29 is 18.3 Å². The van der Waals surface area contributed by atoms with Gasteiger partial charge in [0.15, 0.2) is 0 Å². The summed E-state index contributed by atoms with van der Waals surface area (Å²) in [6.07, 6.45) is 0.759. The molecule has 0 spiro atoms. The third kappa shape index (κ3) is 7.24. The van der Waals surface area contributed by atoms with E-state index < -0.39 is 6.61 Å². The molecule has 1 aromatic carbocycles. The summed E-state index contributed by atoms with van der Waals surface area (Å²) in [6, 6.07) is 5.55. The van der Waals surface area contributed by atoms with Gasteiger partial charge >= 0.3 is 6.61 Å². The molecule has 0 saturated heterocycles. The van der Waals surface area contributed by atoms with Crippen molar-refractivity contribution in [1.82, 2.24) is 5.32 Å². The Morgan fingerprint density at radius 3 is 2.57 bits per heavy atom. The average molecular weight is 323 g/mol. The second kappa shape index (κ2) is 9.52. The molecule has 0 bridgehead atoms. The van der Waals surface area contributed by atoms with Crippen LogP contribution in [0.25, 0.3) is 0 Å². The summed E-state index contributed by atoms with van der Waals surface area (Å²) in [4.78, 5) is 12.0. The normalized spacial score (nSPS) is 12.0. The molecule has 1 aromatic rings. The van der Waals surface area contributed by atoms with Gasteiger partial charge in [0, 0.05) is 18.2 Å². The standard InChI is InChI=1S/C14H20F2N2O2.ClH/c1-9(2)6-11(8-17)18-13(19)10-4-3-5-12(7-10)20-14(15)16;/h3-5,7,9,11,14H,6,8,17H2,1-2H3,(H,18,19);1H. The molecule has 1 atom stereocenters. The van der Waals surface area contributed by atoms with E-state index in [9.17, 15) is 13.6 Å². The number of amides is 1. The minimum Gasteiger partial charge on any atom is -0.435 e. The van der Waals surface area contributed by atoms with Crippen molar-refractivity contribution in [3.8, 4) is 5.75 Å². The molecule has 21 heavy (non-hydrogen) atoms. The number of hydrogen-bond acceptors (Lipinski definition) is 3. The number of carbonyl (C=O) groups is 1. The molecule has 0 radical (unpaired) electrons. The summed E-state index contributed by atoms with van der Waals surface area (Å²) in [5.74, 6) is 0.0129. The summed E-state index contributed by atoms with van der Waals surface area (Å²) < 4.78 is 28.5. The molecule has 1 unspecified atom stereocenters. The molecule has 1 amide bonds. The quantitative estimate of drug-likeness (QED) is 0.811. The Hall–Kier alpha value is -1.40. The molecule has 4 nitrogen and oxygen atoms in total. The molecule has 0 aromatic heterocycles. The van der Waals surface area contributed by atoms with E-state index in [4.69, 9.17) is 5.73 Å². The fourth-order valence-electron chi connectivity index (χ4n) is 1.87. The predicted octanol–water partition coefficient (Wildman–Crippen LogP) is 2.81. The minimum atomic E-state index is -2.91. The lowest BCUT2D eigenvalue weighted by Gasteiger charge is -2.19. The molecule has 0 fully saturated rings. The maximum atomic E-state index is 12.1. The maximum Gasteiger partial charge on any atom is 0.387 e. The minimum absolute atomic E-state index is 0. The van der Waals surface area contributed by atoms with Crippen LogP contribution in [-0.4, -0.2) is 25.1 Å². The van der Waals surface area contributed by atoms with Gasteiger partial charge in [-0.1, -0.05) is 19.9 Å². The fraction of sp³-hybridized carbons (Fsp3) is 0.500. The largest absolute Gasteiger partial charge is 0.435 e. The van der Waals surface area contributed by atoms with Gasteiger partial charge in [-0.25, -0.2) is 0 Å². The number of nitrogens with two attached hydrogens (primary N) is 1. The highest BCUT2D eigenvalue weighted by Gasteiger charge is 2.15. The van der Waals surface area contributed by atoms with Crippen LogP contribution < -0.4 is 15.8 Å². The van der Waals surface area contributed by atoms with E-state index in [1.807, 2.05) is 13.8 Å². The van der Waals surface area contributed by atoms with E-state index in [0.29, 0.717) is 12.5 Å². The molecule has 0 heterocycles. The highest BCUT2D eigenvalue weighted by atomic mass is 35.5. The summed E-state index contributed by atoms with van der Waals surface area (Å²) >= 11 is 0. The van der Waals surface area contributed by atoms with E-state index in [-0.39, 0.29) is 35.7 Å². The van der Waals surface area contributed by atoms with Gasteiger partial charge in [-0.05, 0) is 30.5 Å². The molecule has 3 N–H and O–H groups in total. The van der Waals surface area contributed by atoms with Crippen molar-refractivity contribution in [3.63, 3.8) is 0 Å². The second-order valence-electron chi connectivity index (χ2n) is 4.94. The molecule has 0 aliphatic heterocycles. The molecule has 7 heteroatoms. The van der Waals surface area contributed by atoms with E-state index in [2.05, 4.69) is 10.1 Å². The van der Waals surface area contributed by atoms with Crippen LogP contribution in [0.1, 0.15) is 30.6 Å². The highest BCUT2D eigenvalue weighted by molar-refractivity contribution is 5.94. The number of rotatable bonds is 7. The summed E-state index contributed by atoms with van der Waals surface area (Å²) in [5.41, 5.74) is 5.87. The Morgan fingerprint density at radius 2 is 2.05 bits per heavy atom. The Morgan fingerprint density at radius 1 is 1.38 bits per heavy atom. The Bertz CT molecular complexity index is 445.